The molecule has 2 amide bonds. The minimum atomic E-state index is -0.801. The van der Waals surface area contributed by atoms with Gasteiger partial charge in [-0.25, -0.2) is 4.98 Å². The number of aromatic nitrogens is 1. The van der Waals surface area contributed by atoms with Crippen LogP contribution in [0.4, 0.5) is 5.69 Å². The van der Waals surface area contributed by atoms with Crippen molar-refractivity contribution in [2.75, 3.05) is 13.6 Å². The van der Waals surface area contributed by atoms with Crippen LogP contribution in [0, 0.1) is 10.1 Å². The molecule has 1 heterocycles. The zero-order chi connectivity index (χ0) is 13.7. The van der Waals surface area contributed by atoms with E-state index in [9.17, 15) is 19.7 Å². The van der Waals surface area contributed by atoms with Gasteiger partial charge in [0, 0.05) is 13.2 Å². The van der Waals surface area contributed by atoms with E-state index in [0.29, 0.717) is 0 Å². The standard InChI is InChI=1S/C9H9ClN4O4/c1-11-6(15)4-13-9(16)5-2-3-12-8(10)7(5)14(17)18/h2-3H,4H2,1H3,(H,11,15)(H,13,16). The lowest BCUT2D eigenvalue weighted by Crippen LogP contribution is -2.35. The maximum absolute atomic E-state index is 11.7. The highest BCUT2D eigenvalue weighted by Crippen LogP contribution is 2.25. The Bertz CT molecular complexity index is 505. The molecule has 2 N–H and O–H groups in total. The predicted molar refractivity (Wildman–Crippen MR) is 62.3 cm³/mol. The molecule has 0 spiro atoms. The second-order valence-corrected chi connectivity index (χ2v) is 3.47. The Morgan fingerprint density at radius 3 is 2.78 bits per heavy atom. The van der Waals surface area contributed by atoms with E-state index in [1.165, 1.54) is 13.2 Å². The van der Waals surface area contributed by atoms with E-state index < -0.39 is 22.4 Å². The van der Waals surface area contributed by atoms with E-state index in [1.807, 2.05) is 0 Å². The number of hydrogen-bond acceptors (Lipinski definition) is 5. The lowest BCUT2D eigenvalue weighted by Gasteiger charge is -2.05. The largest absolute Gasteiger partial charge is 0.358 e. The van der Waals surface area contributed by atoms with Gasteiger partial charge in [0.05, 0.1) is 11.5 Å². The highest BCUT2D eigenvalue weighted by Gasteiger charge is 2.24. The van der Waals surface area contributed by atoms with Crippen LogP contribution >= 0.6 is 11.6 Å². The Morgan fingerprint density at radius 2 is 2.22 bits per heavy atom. The number of pyridine rings is 1. The molecule has 0 aromatic carbocycles. The quantitative estimate of drug-likeness (QED) is 0.459. The van der Waals surface area contributed by atoms with Gasteiger partial charge in [0.15, 0.2) is 0 Å². The number of nitrogens with zero attached hydrogens (tertiary/aromatic N) is 2. The number of hydrogen-bond donors (Lipinski definition) is 2. The van der Waals surface area contributed by atoms with Crippen LogP contribution in [0.25, 0.3) is 0 Å². The van der Waals surface area contributed by atoms with Crippen molar-refractivity contribution >= 4 is 29.1 Å². The van der Waals surface area contributed by atoms with Crippen LogP contribution in [0.5, 0.6) is 0 Å². The SMILES string of the molecule is CNC(=O)CNC(=O)c1ccnc(Cl)c1[N+](=O)[O-]. The van der Waals surface area contributed by atoms with E-state index in [2.05, 4.69) is 15.6 Å². The van der Waals surface area contributed by atoms with Crippen molar-refractivity contribution in [1.29, 1.82) is 0 Å². The molecule has 0 unspecified atom stereocenters. The van der Waals surface area contributed by atoms with Crippen LogP contribution in [0.2, 0.25) is 5.15 Å². The van der Waals surface area contributed by atoms with Crippen molar-refractivity contribution in [3.63, 3.8) is 0 Å². The molecule has 0 fully saturated rings. The van der Waals surface area contributed by atoms with Crippen LogP contribution in [-0.2, 0) is 4.79 Å². The summed E-state index contributed by atoms with van der Waals surface area (Å²) in [6, 6.07) is 1.16. The monoisotopic (exact) mass is 272 g/mol. The van der Waals surface area contributed by atoms with Crippen LogP contribution < -0.4 is 10.6 Å². The third-order valence-electron chi connectivity index (χ3n) is 2.00. The lowest BCUT2D eigenvalue weighted by atomic mass is 10.2. The van der Waals surface area contributed by atoms with Gasteiger partial charge in [0.1, 0.15) is 5.56 Å². The van der Waals surface area contributed by atoms with E-state index in [-0.39, 0.29) is 17.3 Å². The predicted octanol–water partition coefficient (Wildman–Crippen LogP) is 0.119. The van der Waals surface area contributed by atoms with Crippen molar-refractivity contribution in [1.82, 2.24) is 15.6 Å². The Labute approximate surface area is 106 Å². The topological polar surface area (TPSA) is 114 Å². The van der Waals surface area contributed by atoms with E-state index in [1.54, 1.807) is 0 Å². The number of likely N-dealkylation sites (N-methyl/N-ethyl adjacent to an activating group) is 1. The molecule has 0 saturated heterocycles. The number of nitro groups is 1. The van der Waals surface area contributed by atoms with Crippen molar-refractivity contribution in [2.45, 2.75) is 0 Å². The summed E-state index contributed by atoms with van der Waals surface area (Å²) in [6.07, 6.45) is 1.17. The molecule has 0 saturated carbocycles. The smallest absolute Gasteiger partial charge is 0.319 e. The molecule has 1 aromatic rings. The van der Waals surface area contributed by atoms with Crippen molar-refractivity contribution < 1.29 is 14.5 Å². The molecule has 96 valence electrons. The van der Waals surface area contributed by atoms with Gasteiger partial charge in [-0.1, -0.05) is 11.6 Å². The summed E-state index contributed by atoms with van der Waals surface area (Å²) < 4.78 is 0. The molecule has 0 aliphatic heterocycles. The molecular weight excluding hydrogens is 264 g/mol. The number of amides is 2. The zero-order valence-corrected chi connectivity index (χ0v) is 10.0. The summed E-state index contributed by atoms with van der Waals surface area (Å²) >= 11 is 5.55. The van der Waals surface area contributed by atoms with Gasteiger partial charge < -0.3 is 10.6 Å². The summed E-state index contributed by atoms with van der Waals surface area (Å²) in [4.78, 5) is 36.1. The third-order valence-corrected chi connectivity index (χ3v) is 2.27. The second-order valence-electron chi connectivity index (χ2n) is 3.11. The highest BCUT2D eigenvalue weighted by molar-refractivity contribution is 6.32. The molecule has 18 heavy (non-hydrogen) atoms. The Hall–Kier alpha value is -2.22. The lowest BCUT2D eigenvalue weighted by molar-refractivity contribution is -0.385. The average Bonchev–Trinajstić information content (AvgIpc) is 2.34. The van der Waals surface area contributed by atoms with Gasteiger partial charge >= 0.3 is 5.69 Å². The van der Waals surface area contributed by atoms with Gasteiger partial charge in [0.2, 0.25) is 11.1 Å². The average molecular weight is 273 g/mol. The normalized spacial score (nSPS) is 9.67. The molecule has 8 nitrogen and oxygen atoms in total. The van der Waals surface area contributed by atoms with Crippen molar-refractivity contribution in [3.05, 3.63) is 33.1 Å². The molecule has 1 aromatic heterocycles. The van der Waals surface area contributed by atoms with E-state index in [4.69, 9.17) is 11.6 Å². The maximum atomic E-state index is 11.7. The Balaban J connectivity index is 2.96. The van der Waals surface area contributed by atoms with Gasteiger partial charge in [-0.15, -0.1) is 0 Å². The molecule has 9 heteroatoms. The zero-order valence-electron chi connectivity index (χ0n) is 9.27. The first-order valence-electron chi connectivity index (χ1n) is 4.75. The molecule has 0 atom stereocenters. The van der Waals surface area contributed by atoms with Gasteiger partial charge in [0.25, 0.3) is 5.91 Å². The number of rotatable bonds is 4. The molecule has 0 bridgehead atoms. The van der Waals surface area contributed by atoms with Crippen molar-refractivity contribution in [3.8, 4) is 0 Å². The minimum Gasteiger partial charge on any atom is -0.358 e. The fourth-order valence-electron chi connectivity index (χ4n) is 1.13. The summed E-state index contributed by atoms with van der Waals surface area (Å²) in [5, 5.41) is 14.9. The Kier molecular flexibility index (Phi) is 4.55. The van der Waals surface area contributed by atoms with Gasteiger partial charge in [-0.2, -0.15) is 0 Å². The first kappa shape index (κ1) is 13.8. The fourth-order valence-corrected chi connectivity index (χ4v) is 1.36. The number of carbonyl (C=O) groups is 2. The molecule has 1 rings (SSSR count). The number of carbonyl (C=O) groups excluding carboxylic acids is 2. The fraction of sp³-hybridized carbons (Fsp3) is 0.222. The summed E-state index contributed by atoms with van der Waals surface area (Å²) in [6.45, 7) is -0.285. The van der Waals surface area contributed by atoms with Gasteiger partial charge in [-0.05, 0) is 6.07 Å². The van der Waals surface area contributed by atoms with E-state index in [0.717, 1.165) is 6.07 Å². The maximum Gasteiger partial charge on any atom is 0.319 e. The molecule has 0 aliphatic rings. The minimum absolute atomic E-state index is 0.246. The van der Waals surface area contributed by atoms with E-state index >= 15 is 0 Å². The summed E-state index contributed by atoms with van der Waals surface area (Å²) in [5.74, 6) is -1.19. The Morgan fingerprint density at radius 1 is 1.56 bits per heavy atom. The first-order chi connectivity index (χ1) is 8.47. The molecular formula is C9H9ClN4O4. The third kappa shape index (κ3) is 3.14. The highest BCUT2D eigenvalue weighted by atomic mass is 35.5. The van der Waals surface area contributed by atoms with Crippen LogP contribution in [-0.4, -0.2) is 35.3 Å². The van der Waals surface area contributed by atoms with Crippen molar-refractivity contribution in [2.24, 2.45) is 0 Å². The van der Waals surface area contributed by atoms with Crippen LogP contribution in [0.15, 0.2) is 12.3 Å². The second kappa shape index (κ2) is 5.92. The van der Waals surface area contributed by atoms with Gasteiger partial charge in [-0.3, -0.25) is 19.7 Å². The molecule has 0 aliphatic carbocycles. The first-order valence-corrected chi connectivity index (χ1v) is 5.12. The van der Waals surface area contributed by atoms with Crippen LogP contribution in [0.1, 0.15) is 10.4 Å². The van der Waals surface area contributed by atoms with Crippen LogP contribution in [0.3, 0.4) is 0 Å². The summed E-state index contributed by atoms with van der Waals surface area (Å²) in [7, 11) is 1.40. The molecule has 0 radical (unpaired) electrons. The summed E-state index contributed by atoms with van der Waals surface area (Å²) in [5.41, 5.74) is -0.836. The number of nitrogens with one attached hydrogen (secondary N) is 2. The number of halogens is 1.